The molecule has 1 rings (SSSR count). The molecule has 1 aliphatic heterocycles. The van der Waals surface area contributed by atoms with Gasteiger partial charge in [0, 0.05) is 12.6 Å². The van der Waals surface area contributed by atoms with Crippen LogP contribution in [0.25, 0.3) is 0 Å². The van der Waals surface area contributed by atoms with Crippen molar-refractivity contribution in [1.82, 2.24) is 4.31 Å². The molecule has 1 saturated heterocycles. The van der Waals surface area contributed by atoms with Crippen LogP contribution in [0.1, 0.15) is 51.9 Å². The van der Waals surface area contributed by atoms with E-state index in [1.54, 1.807) is 4.31 Å². The van der Waals surface area contributed by atoms with Gasteiger partial charge in [0.1, 0.15) is 0 Å². The van der Waals surface area contributed by atoms with Gasteiger partial charge in [-0.25, -0.2) is 8.42 Å². The van der Waals surface area contributed by atoms with Gasteiger partial charge in [0.05, 0.1) is 5.75 Å². The normalized spacial score (nSPS) is 22.8. The predicted octanol–water partition coefficient (Wildman–Crippen LogP) is 1.71. The fraction of sp³-hybridized carbons (Fsp3) is 1.00. The summed E-state index contributed by atoms with van der Waals surface area (Å²) in [5.74, 6) is 0.268. The molecular formula is C12H26N2O2S. The number of hydrogen-bond acceptors (Lipinski definition) is 3. The summed E-state index contributed by atoms with van der Waals surface area (Å²) < 4.78 is 26.2. The molecule has 2 N–H and O–H groups in total. The molecule has 0 spiro atoms. The van der Waals surface area contributed by atoms with Crippen LogP contribution in [-0.4, -0.2) is 37.6 Å². The molecule has 1 heterocycles. The third kappa shape index (κ3) is 4.56. The molecule has 102 valence electrons. The molecule has 17 heavy (non-hydrogen) atoms. The zero-order chi connectivity index (χ0) is 12.7. The monoisotopic (exact) mass is 262 g/mol. The number of rotatable bonds is 7. The van der Waals surface area contributed by atoms with E-state index in [1.165, 1.54) is 6.42 Å². The average Bonchev–Trinajstić information content (AvgIpc) is 2.30. The maximum atomic E-state index is 12.2. The number of nitrogens with two attached hydrogens (primary N) is 1. The van der Waals surface area contributed by atoms with E-state index in [-0.39, 0.29) is 11.8 Å². The minimum Gasteiger partial charge on any atom is -0.330 e. The maximum absolute atomic E-state index is 12.2. The minimum atomic E-state index is -3.05. The van der Waals surface area contributed by atoms with Crippen LogP contribution < -0.4 is 5.73 Å². The summed E-state index contributed by atoms with van der Waals surface area (Å²) in [7, 11) is -3.05. The zero-order valence-corrected chi connectivity index (χ0v) is 11.7. The summed E-state index contributed by atoms with van der Waals surface area (Å²) in [6.07, 6.45) is 6.75. The van der Waals surface area contributed by atoms with Crippen molar-refractivity contribution < 1.29 is 8.42 Å². The van der Waals surface area contributed by atoms with Crippen LogP contribution in [0.2, 0.25) is 0 Å². The van der Waals surface area contributed by atoms with Crippen LogP contribution in [0, 0.1) is 0 Å². The van der Waals surface area contributed by atoms with Gasteiger partial charge in [0.2, 0.25) is 10.0 Å². The van der Waals surface area contributed by atoms with Crippen molar-refractivity contribution in [3.63, 3.8) is 0 Å². The van der Waals surface area contributed by atoms with E-state index < -0.39 is 10.0 Å². The van der Waals surface area contributed by atoms with E-state index in [0.29, 0.717) is 13.0 Å². The van der Waals surface area contributed by atoms with Gasteiger partial charge in [-0.3, -0.25) is 0 Å². The number of unbranched alkanes of at least 4 members (excludes halogenated alkanes) is 1. The first kappa shape index (κ1) is 14.9. The molecule has 0 aromatic carbocycles. The molecule has 1 unspecified atom stereocenters. The van der Waals surface area contributed by atoms with Gasteiger partial charge in [-0.05, 0) is 38.6 Å². The Morgan fingerprint density at radius 3 is 2.71 bits per heavy atom. The van der Waals surface area contributed by atoms with Crippen molar-refractivity contribution >= 4 is 10.0 Å². The molecule has 1 aliphatic rings. The molecule has 0 radical (unpaired) electrons. The van der Waals surface area contributed by atoms with E-state index >= 15 is 0 Å². The van der Waals surface area contributed by atoms with Crippen molar-refractivity contribution in [3.8, 4) is 0 Å². The second kappa shape index (κ2) is 7.34. The average molecular weight is 262 g/mol. The summed E-state index contributed by atoms with van der Waals surface area (Å²) in [4.78, 5) is 0. The zero-order valence-electron chi connectivity index (χ0n) is 10.9. The predicted molar refractivity (Wildman–Crippen MR) is 71.3 cm³/mol. The Kier molecular flexibility index (Phi) is 6.44. The van der Waals surface area contributed by atoms with Gasteiger partial charge in [0.25, 0.3) is 0 Å². The first-order valence-corrected chi connectivity index (χ1v) is 8.42. The molecule has 5 heteroatoms. The van der Waals surface area contributed by atoms with Gasteiger partial charge in [-0.1, -0.05) is 19.8 Å². The lowest BCUT2D eigenvalue weighted by Gasteiger charge is -2.34. The van der Waals surface area contributed by atoms with Crippen molar-refractivity contribution in [2.45, 2.75) is 57.9 Å². The lowest BCUT2D eigenvalue weighted by atomic mass is 10.0. The lowest BCUT2D eigenvalue weighted by Crippen LogP contribution is -2.44. The van der Waals surface area contributed by atoms with Crippen LogP contribution >= 0.6 is 0 Å². The summed E-state index contributed by atoms with van der Waals surface area (Å²) in [6.45, 7) is 3.41. The quantitative estimate of drug-likeness (QED) is 0.710. The lowest BCUT2D eigenvalue weighted by molar-refractivity contribution is 0.239. The van der Waals surface area contributed by atoms with Crippen LogP contribution in [0.4, 0.5) is 0 Å². The van der Waals surface area contributed by atoms with Crippen molar-refractivity contribution in [1.29, 1.82) is 0 Å². The Hall–Kier alpha value is -0.130. The second-order valence-electron chi connectivity index (χ2n) is 4.86. The molecule has 4 nitrogen and oxygen atoms in total. The third-order valence-electron chi connectivity index (χ3n) is 3.41. The summed E-state index contributed by atoms with van der Waals surface area (Å²) in [6, 6.07) is 0.247. The summed E-state index contributed by atoms with van der Waals surface area (Å²) in [5.41, 5.74) is 5.40. The number of nitrogens with zero attached hydrogens (tertiary/aromatic N) is 1. The Labute approximate surface area is 106 Å². The Morgan fingerprint density at radius 2 is 2.06 bits per heavy atom. The van der Waals surface area contributed by atoms with Crippen molar-refractivity contribution in [2.24, 2.45) is 5.73 Å². The van der Waals surface area contributed by atoms with E-state index in [9.17, 15) is 8.42 Å². The molecule has 0 aromatic heterocycles. The molecule has 0 amide bonds. The molecule has 0 saturated carbocycles. The fourth-order valence-corrected chi connectivity index (χ4v) is 4.38. The van der Waals surface area contributed by atoms with E-state index in [4.69, 9.17) is 5.73 Å². The van der Waals surface area contributed by atoms with Gasteiger partial charge < -0.3 is 5.73 Å². The van der Waals surface area contributed by atoms with Gasteiger partial charge in [-0.2, -0.15) is 4.31 Å². The minimum absolute atomic E-state index is 0.247. The third-order valence-corrected chi connectivity index (χ3v) is 5.41. The Bertz CT molecular complexity index is 302. The van der Waals surface area contributed by atoms with Gasteiger partial charge in [0.15, 0.2) is 0 Å². The van der Waals surface area contributed by atoms with E-state index in [2.05, 4.69) is 6.92 Å². The first-order valence-electron chi connectivity index (χ1n) is 6.81. The summed E-state index contributed by atoms with van der Waals surface area (Å²) in [5, 5.41) is 0. The van der Waals surface area contributed by atoms with Gasteiger partial charge in [-0.15, -0.1) is 0 Å². The highest BCUT2D eigenvalue weighted by atomic mass is 32.2. The molecular weight excluding hydrogens is 236 g/mol. The molecule has 1 fully saturated rings. The fourth-order valence-electron chi connectivity index (χ4n) is 2.51. The van der Waals surface area contributed by atoms with Crippen LogP contribution in [0.5, 0.6) is 0 Å². The SMILES string of the molecule is CCCC1CCCCN1S(=O)(=O)CCCCN. The number of hydrogen-bond donors (Lipinski definition) is 1. The van der Waals surface area contributed by atoms with Crippen LogP contribution in [-0.2, 0) is 10.0 Å². The molecule has 0 aliphatic carbocycles. The summed E-state index contributed by atoms with van der Waals surface area (Å²) >= 11 is 0. The van der Waals surface area contributed by atoms with Gasteiger partial charge >= 0.3 is 0 Å². The highest BCUT2D eigenvalue weighted by Gasteiger charge is 2.30. The molecule has 1 atom stereocenters. The smallest absolute Gasteiger partial charge is 0.214 e. The van der Waals surface area contributed by atoms with Crippen molar-refractivity contribution in [3.05, 3.63) is 0 Å². The van der Waals surface area contributed by atoms with Crippen LogP contribution in [0.3, 0.4) is 0 Å². The highest BCUT2D eigenvalue weighted by Crippen LogP contribution is 2.24. The molecule has 0 bridgehead atoms. The Balaban J connectivity index is 2.59. The second-order valence-corrected chi connectivity index (χ2v) is 6.90. The standard InChI is InChI=1S/C12H26N2O2S/c1-2-7-12-8-3-5-10-14(12)17(15,16)11-6-4-9-13/h12H,2-11,13H2,1H3. The number of piperidine rings is 1. The molecule has 0 aromatic rings. The topological polar surface area (TPSA) is 63.4 Å². The van der Waals surface area contributed by atoms with Crippen molar-refractivity contribution in [2.75, 3.05) is 18.8 Å². The number of sulfonamides is 1. The largest absolute Gasteiger partial charge is 0.330 e. The Morgan fingerprint density at radius 1 is 1.29 bits per heavy atom. The maximum Gasteiger partial charge on any atom is 0.214 e. The van der Waals surface area contributed by atoms with E-state index in [0.717, 1.165) is 38.6 Å². The van der Waals surface area contributed by atoms with E-state index in [1.807, 2.05) is 0 Å². The van der Waals surface area contributed by atoms with Crippen LogP contribution in [0.15, 0.2) is 0 Å². The highest BCUT2D eigenvalue weighted by molar-refractivity contribution is 7.89. The first-order chi connectivity index (χ1) is 8.11.